The van der Waals surface area contributed by atoms with Crippen molar-refractivity contribution in [1.82, 2.24) is 0 Å². The standard InChI is InChI=1S/C51H98NO8P/c1-3-5-7-9-11-13-15-16-17-18-19-20-21-22-23-24-25-26-27-28-29-30-31-32-34-36-38-40-42-44-51(54)60-49(48-59-61(55,56)58-46-45-52)47-57-50(53)43-41-39-37-35-33-14-12-10-8-6-4-2/h15-16,18-19,49H,3-14,17,20-48,52H2,1-2H3,(H,55,56)/b16-15-,19-18-. The lowest BCUT2D eigenvalue weighted by molar-refractivity contribution is -0.161. The van der Waals surface area contributed by atoms with Crippen molar-refractivity contribution >= 4 is 19.8 Å². The van der Waals surface area contributed by atoms with Gasteiger partial charge in [-0.3, -0.25) is 18.6 Å². The number of ether oxygens (including phenoxy) is 2. The van der Waals surface area contributed by atoms with Crippen LogP contribution in [0.1, 0.15) is 258 Å². The first-order valence-electron chi connectivity index (χ1n) is 25.8. The molecule has 0 fully saturated rings. The summed E-state index contributed by atoms with van der Waals surface area (Å²) in [5, 5.41) is 0. The minimum atomic E-state index is -4.37. The SMILES string of the molecule is CCCCCCC/C=C\C/C=C\CCCCCCCCCCCCCCCCCCCC(=O)OC(COC(=O)CCCCCCCCCCCCC)COP(=O)(O)OCCN. The highest BCUT2D eigenvalue weighted by molar-refractivity contribution is 7.47. The molecular formula is C51H98NO8P. The zero-order valence-electron chi connectivity index (χ0n) is 39.9. The summed E-state index contributed by atoms with van der Waals surface area (Å²) in [6.07, 6.45) is 53.8. The number of phosphoric acid groups is 1. The summed E-state index contributed by atoms with van der Waals surface area (Å²) in [5.74, 6) is -0.816. The second-order valence-electron chi connectivity index (χ2n) is 17.4. The van der Waals surface area contributed by atoms with Crippen LogP contribution in [0.5, 0.6) is 0 Å². The van der Waals surface area contributed by atoms with Gasteiger partial charge in [0.25, 0.3) is 0 Å². The van der Waals surface area contributed by atoms with E-state index in [0.29, 0.717) is 6.42 Å². The van der Waals surface area contributed by atoms with E-state index in [2.05, 4.69) is 38.2 Å². The maximum Gasteiger partial charge on any atom is 0.472 e. The molecule has 0 bridgehead atoms. The molecule has 0 rings (SSSR count). The molecule has 9 nitrogen and oxygen atoms in total. The van der Waals surface area contributed by atoms with Gasteiger partial charge in [-0.25, -0.2) is 4.57 Å². The van der Waals surface area contributed by atoms with E-state index in [0.717, 1.165) is 38.5 Å². The maximum absolute atomic E-state index is 12.6. The quantitative estimate of drug-likeness (QED) is 0.0265. The zero-order valence-corrected chi connectivity index (χ0v) is 40.8. The summed E-state index contributed by atoms with van der Waals surface area (Å²) in [6, 6.07) is 0. The first-order valence-corrected chi connectivity index (χ1v) is 27.3. The third-order valence-electron chi connectivity index (χ3n) is 11.3. The molecule has 0 amide bonds. The predicted molar refractivity (Wildman–Crippen MR) is 257 cm³/mol. The van der Waals surface area contributed by atoms with Crippen LogP contribution in [-0.4, -0.2) is 49.3 Å². The van der Waals surface area contributed by atoms with Gasteiger partial charge >= 0.3 is 19.8 Å². The molecule has 0 heterocycles. The molecule has 360 valence electrons. The van der Waals surface area contributed by atoms with E-state index in [9.17, 15) is 19.0 Å². The molecule has 0 aliphatic carbocycles. The van der Waals surface area contributed by atoms with Crippen molar-refractivity contribution in [2.24, 2.45) is 5.73 Å². The summed E-state index contributed by atoms with van der Waals surface area (Å²) >= 11 is 0. The lowest BCUT2D eigenvalue weighted by atomic mass is 10.0. The van der Waals surface area contributed by atoms with E-state index >= 15 is 0 Å². The van der Waals surface area contributed by atoms with Gasteiger partial charge in [-0.1, -0.05) is 224 Å². The lowest BCUT2D eigenvalue weighted by Crippen LogP contribution is -2.29. The second-order valence-corrected chi connectivity index (χ2v) is 18.9. The third-order valence-corrected chi connectivity index (χ3v) is 12.3. The van der Waals surface area contributed by atoms with Crippen LogP contribution < -0.4 is 5.73 Å². The van der Waals surface area contributed by atoms with Crippen molar-refractivity contribution in [3.63, 3.8) is 0 Å². The minimum Gasteiger partial charge on any atom is -0.462 e. The van der Waals surface area contributed by atoms with Gasteiger partial charge in [0, 0.05) is 19.4 Å². The lowest BCUT2D eigenvalue weighted by Gasteiger charge is -2.19. The van der Waals surface area contributed by atoms with Gasteiger partial charge in [-0.05, 0) is 44.9 Å². The molecule has 61 heavy (non-hydrogen) atoms. The number of hydrogen-bond acceptors (Lipinski definition) is 8. The van der Waals surface area contributed by atoms with Crippen molar-refractivity contribution < 1.29 is 37.6 Å². The van der Waals surface area contributed by atoms with E-state index in [1.54, 1.807) is 0 Å². The number of esters is 2. The average Bonchev–Trinajstić information content (AvgIpc) is 3.25. The fourth-order valence-electron chi connectivity index (χ4n) is 7.49. The van der Waals surface area contributed by atoms with Crippen LogP contribution in [0.3, 0.4) is 0 Å². The molecule has 0 aromatic heterocycles. The van der Waals surface area contributed by atoms with Crippen molar-refractivity contribution in [2.45, 2.75) is 264 Å². The third kappa shape index (κ3) is 47.8. The molecule has 0 aromatic rings. The molecule has 2 atom stereocenters. The molecule has 0 saturated carbocycles. The average molecular weight is 884 g/mol. The zero-order chi connectivity index (χ0) is 44.6. The summed E-state index contributed by atoms with van der Waals surface area (Å²) in [4.78, 5) is 34.9. The van der Waals surface area contributed by atoms with E-state index < -0.39 is 26.5 Å². The van der Waals surface area contributed by atoms with Crippen LogP contribution in [0.4, 0.5) is 0 Å². The summed E-state index contributed by atoms with van der Waals surface area (Å²) in [7, 11) is -4.37. The molecule has 0 aromatic carbocycles. The number of phosphoric ester groups is 1. The molecule has 10 heteroatoms. The maximum atomic E-state index is 12.6. The number of allylic oxidation sites excluding steroid dienone is 4. The largest absolute Gasteiger partial charge is 0.472 e. The van der Waals surface area contributed by atoms with Crippen LogP contribution in [0.2, 0.25) is 0 Å². The van der Waals surface area contributed by atoms with E-state index in [-0.39, 0.29) is 38.6 Å². The Labute approximate surface area is 376 Å². The number of rotatable bonds is 49. The number of nitrogens with two attached hydrogens (primary N) is 1. The Morgan fingerprint density at radius 3 is 1.25 bits per heavy atom. The van der Waals surface area contributed by atoms with Gasteiger partial charge in [-0.15, -0.1) is 0 Å². The number of hydrogen-bond donors (Lipinski definition) is 2. The fourth-order valence-corrected chi connectivity index (χ4v) is 8.26. The molecule has 0 aliphatic heterocycles. The van der Waals surface area contributed by atoms with Crippen molar-refractivity contribution in [2.75, 3.05) is 26.4 Å². The number of carbonyl (C=O) groups excluding carboxylic acids is 2. The smallest absolute Gasteiger partial charge is 0.462 e. The number of carbonyl (C=O) groups is 2. The van der Waals surface area contributed by atoms with Gasteiger partial charge in [0.2, 0.25) is 0 Å². The molecule has 0 radical (unpaired) electrons. The van der Waals surface area contributed by atoms with Crippen LogP contribution >= 0.6 is 7.82 Å². The van der Waals surface area contributed by atoms with Gasteiger partial charge in [-0.2, -0.15) is 0 Å². The first kappa shape index (κ1) is 59.5. The normalized spacial score (nSPS) is 13.3. The Kier molecular flexibility index (Phi) is 46.8. The van der Waals surface area contributed by atoms with Crippen LogP contribution in [0.15, 0.2) is 24.3 Å². The fraction of sp³-hybridized carbons (Fsp3) is 0.882. The summed E-state index contributed by atoms with van der Waals surface area (Å²) < 4.78 is 32.9. The Balaban J connectivity index is 3.88. The molecule has 2 unspecified atom stereocenters. The van der Waals surface area contributed by atoms with Crippen molar-refractivity contribution in [1.29, 1.82) is 0 Å². The molecule has 0 saturated heterocycles. The van der Waals surface area contributed by atoms with Crippen molar-refractivity contribution in [3.05, 3.63) is 24.3 Å². The topological polar surface area (TPSA) is 134 Å². The monoisotopic (exact) mass is 884 g/mol. The van der Waals surface area contributed by atoms with Crippen molar-refractivity contribution in [3.8, 4) is 0 Å². The Morgan fingerprint density at radius 1 is 0.492 bits per heavy atom. The second kappa shape index (κ2) is 48.0. The van der Waals surface area contributed by atoms with E-state index in [4.69, 9.17) is 24.3 Å². The van der Waals surface area contributed by atoms with E-state index in [1.165, 1.54) is 186 Å². The highest BCUT2D eigenvalue weighted by Crippen LogP contribution is 2.43. The minimum absolute atomic E-state index is 0.0561. The molecule has 3 N–H and O–H groups in total. The van der Waals surface area contributed by atoms with Crippen LogP contribution in [-0.2, 0) is 32.7 Å². The van der Waals surface area contributed by atoms with Gasteiger partial charge < -0.3 is 20.1 Å². The molecule has 0 aliphatic rings. The summed E-state index contributed by atoms with van der Waals surface area (Å²) in [6.45, 7) is 3.75. The number of unbranched alkanes of at least 4 members (excludes halogenated alkanes) is 32. The van der Waals surface area contributed by atoms with Gasteiger partial charge in [0.05, 0.1) is 13.2 Å². The van der Waals surface area contributed by atoms with Crippen LogP contribution in [0, 0.1) is 0 Å². The predicted octanol–water partition coefficient (Wildman–Crippen LogP) is 15.5. The van der Waals surface area contributed by atoms with Gasteiger partial charge in [0.15, 0.2) is 6.10 Å². The Hall–Kier alpha value is -1.51. The highest BCUT2D eigenvalue weighted by atomic mass is 31.2. The van der Waals surface area contributed by atoms with Gasteiger partial charge in [0.1, 0.15) is 6.61 Å². The summed E-state index contributed by atoms with van der Waals surface area (Å²) in [5.41, 5.74) is 5.36. The first-order chi connectivity index (χ1) is 29.8. The van der Waals surface area contributed by atoms with E-state index in [1.807, 2.05) is 0 Å². The molecule has 0 spiro atoms. The Morgan fingerprint density at radius 2 is 0.852 bits per heavy atom. The molecular weight excluding hydrogens is 786 g/mol. The highest BCUT2D eigenvalue weighted by Gasteiger charge is 2.26. The Bertz CT molecular complexity index is 1050. The van der Waals surface area contributed by atoms with Crippen LogP contribution in [0.25, 0.3) is 0 Å².